The van der Waals surface area contributed by atoms with Crippen LogP contribution < -0.4 is 5.31 Å². The van der Waals surface area contributed by atoms with Crippen molar-refractivity contribution in [1.82, 2.24) is 5.31 Å². The summed E-state index contributed by atoms with van der Waals surface area (Å²) in [5, 5.41) is -0.209. The molecule has 0 radical (unpaired) electrons. The number of hydrogen-bond donors (Lipinski definition) is 1. The molecule has 11 heavy (non-hydrogen) atoms. The summed E-state index contributed by atoms with van der Waals surface area (Å²) in [7, 11) is 0. The van der Waals surface area contributed by atoms with Gasteiger partial charge in [0.05, 0.1) is 12.5 Å². The second-order valence-electron chi connectivity index (χ2n) is 1.73. The molecule has 1 N–H and O–H groups in total. The zero-order valence-corrected chi connectivity index (χ0v) is 6.05. The molecule has 0 amide bonds. The van der Waals surface area contributed by atoms with Crippen molar-refractivity contribution >= 4 is 5.97 Å². The van der Waals surface area contributed by atoms with E-state index in [1.807, 2.05) is 0 Å². The molecule has 0 aliphatic carbocycles. The molecule has 3 heteroatoms. The minimum absolute atomic E-state index is 0.209. The predicted octanol–water partition coefficient (Wildman–Crippen LogP) is 0.549. The zero-order valence-electron chi connectivity index (χ0n) is 15.0. The normalized spacial score (nSPS) is 65.5. The molecule has 3 nitrogen and oxygen atoms in total. The average molecular weight is 166 g/mol. The van der Waals surface area contributed by atoms with Gasteiger partial charge < -0.3 is 10.0 Å². The molecule has 0 saturated carbocycles. The molecular formula is C8H15NO2. The molecule has 1 rings (SSSR count). The highest BCUT2D eigenvalue weighted by molar-refractivity contribution is 5.72. The van der Waals surface area contributed by atoms with Gasteiger partial charge in [-0.05, 0) is 32.7 Å². The molecule has 1 aliphatic rings. The molecule has 0 spiro atoms. The van der Waals surface area contributed by atoms with E-state index in [4.69, 9.17) is 12.4 Å². The van der Waals surface area contributed by atoms with Crippen LogP contribution in [0.3, 0.4) is 0 Å². The lowest BCUT2D eigenvalue weighted by atomic mass is 9.99. The summed E-state index contributed by atoms with van der Waals surface area (Å²) >= 11 is 0. The van der Waals surface area contributed by atoms with Crippen molar-refractivity contribution in [2.45, 2.75) is 19.7 Å². The third-order valence-electron chi connectivity index (χ3n) is 0.998. The van der Waals surface area contributed by atoms with Crippen LogP contribution in [-0.4, -0.2) is 25.6 Å². The maximum atomic E-state index is 11.9. The van der Waals surface area contributed by atoms with Crippen LogP contribution in [0.1, 0.15) is 30.6 Å². The lowest BCUT2D eigenvalue weighted by molar-refractivity contribution is -0.148. The predicted molar refractivity (Wildman–Crippen MR) is 42.2 cm³/mol. The fourth-order valence-electron chi connectivity index (χ4n) is 0.567. The fraction of sp³-hybridized carbons (Fsp3) is 0.875. The van der Waals surface area contributed by atoms with Gasteiger partial charge in [0.2, 0.25) is 0 Å². The Morgan fingerprint density at radius 1 is 2.00 bits per heavy atom. The molecule has 2 unspecified atom stereocenters. The molecule has 1 heterocycles. The monoisotopic (exact) mass is 166 g/mol. The van der Waals surface area contributed by atoms with Gasteiger partial charge in [-0.1, -0.05) is 0 Å². The standard InChI is InChI=1S/C8H15NO2/c1-2-11-8(10)7-3-5-9-6-4-7/h7,9H,2-6H2,1H3/i3D2,4D2,5D,6D2,7D/hD. The quantitative estimate of drug-likeness (QED) is 0.609. The van der Waals surface area contributed by atoms with Crippen molar-refractivity contribution in [2.24, 2.45) is 5.89 Å². The summed E-state index contributed by atoms with van der Waals surface area (Å²) in [6.45, 7) is -4.34. The van der Waals surface area contributed by atoms with Crippen LogP contribution in [0.25, 0.3) is 0 Å². The first-order chi connectivity index (χ1) is 8.80. The zero-order chi connectivity index (χ0) is 16.1. The summed E-state index contributed by atoms with van der Waals surface area (Å²) in [5.74, 6) is -4.90. The summed E-state index contributed by atoms with van der Waals surface area (Å²) in [6.07, 6.45) is -6.54. The van der Waals surface area contributed by atoms with E-state index < -0.39 is 37.6 Å². The van der Waals surface area contributed by atoms with Crippen LogP contribution >= 0.6 is 0 Å². The highest BCUT2D eigenvalue weighted by Gasteiger charge is 2.21. The van der Waals surface area contributed by atoms with Gasteiger partial charge >= 0.3 is 5.97 Å². The van der Waals surface area contributed by atoms with E-state index in [9.17, 15) is 4.79 Å². The maximum absolute atomic E-state index is 11.9. The first kappa shape index (κ1) is 2.46. The Morgan fingerprint density at radius 2 is 2.82 bits per heavy atom. The number of nitrogens with one attached hydrogen (secondary N) is 1. The Bertz CT molecular complexity index is 415. The Morgan fingerprint density at radius 3 is 3.55 bits per heavy atom. The van der Waals surface area contributed by atoms with E-state index in [2.05, 4.69) is 4.74 Å². The van der Waals surface area contributed by atoms with E-state index in [0.717, 1.165) is 0 Å². The highest BCUT2D eigenvalue weighted by atomic mass is 16.5. The Balaban J connectivity index is 3.55. The van der Waals surface area contributed by atoms with Crippen LogP contribution in [0.2, 0.25) is 1.41 Å². The minimum atomic E-state index is -3.39. The van der Waals surface area contributed by atoms with Crippen molar-refractivity contribution in [1.29, 1.82) is 0 Å². The number of rotatable bonds is 2. The highest BCUT2D eigenvalue weighted by Crippen LogP contribution is 2.12. The lowest BCUT2D eigenvalue weighted by Gasteiger charge is -2.20. The maximum Gasteiger partial charge on any atom is 0.309 e. The van der Waals surface area contributed by atoms with E-state index in [-0.39, 0.29) is 11.9 Å². The van der Waals surface area contributed by atoms with E-state index in [1.54, 1.807) is 0 Å². The topological polar surface area (TPSA) is 38.3 Å². The lowest BCUT2D eigenvalue weighted by Crippen LogP contribution is -2.32. The van der Waals surface area contributed by atoms with Gasteiger partial charge in [-0.25, -0.2) is 0 Å². The molecule has 0 aromatic carbocycles. The molecule has 1 saturated heterocycles. The average Bonchev–Trinajstić information content (AvgIpc) is 2.34. The fourth-order valence-corrected chi connectivity index (χ4v) is 0.567. The SMILES string of the molecule is [2H]C1N([2H])C([2H])([2H])C([2H])([2H])C([2H])(C(=O)OCC)C1([2H])[2H]. The van der Waals surface area contributed by atoms with Gasteiger partial charge in [0.15, 0.2) is 0 Å². The van der Waals surface area contributed by atoms with Gasteiger partial charge in [-0.2, -0.15) is 0 Å². The summed E-state index contributed by atoms with van der Waals surface area (Å²) < 4.78 is 73.1. The smallest absolute Gasteiger partial charge is 0.309 e. The van der Waals surface area contributed by atoms with E-state index in [1.165, 1.54) is 6.92 Å². The Hall–Kier alpha value is -0.570. The third-order valence-corrected chi connectivity index (χ3v) is 0.998. The van der Waals surface area contributed by atoms with Crippen molar-refractivity contribution in [3.8, 4) is 0 Å². The number of hydrogen-bond acceptors (Lipinski definition) is 3. The first-order valence-electron chi connectivity index (χ1n) is 7.70. The largest absolute Gasteiger partial charge is 0.466 e. The minimum Gasteiger partial charge on any atom is -0.466 e. The summed E-state index contributed by atoms with van der Waals surface area (Å²) in [4.78, 5) is 11.9. The van der Waals surface area contributed by atoms with Crippen molar-refractivity contribution in [3.63, 3.8) is 0 Å². The third kappa shape index (κ3) is 2.50. The van der Waals surface area contributed by atoms with Gasteiger partial charge in [0, 0.05) is 11.0 Å². The van der Waals surface area contributed by atoms with E-state index in [0.29, 0.717) is 0 Å². The van der Waals surface area contributed by atoms with Crippen LogP contribution in [0.5, 0.6) is 0 Å². The molecule has 0 aromatic rings. The molecule has 0 bridgehead atoms. The molecule has 1 fully saturated rings. The van der Waals surface area contributed by atoms with E-state index >= 15 is 0 Å². The van der Waals surface area contributed by atoms with Crippen molar-refractivity contribution in [2.75, 3.05) is 19.6 Å². The number of ether oxygens (including phenoxy) is 1. The van der Waals surface area contributed by atoms with Gasteiger partial charge in [-0.3, -0.25) is 4.79 Å². The number of piperidine rings is 1. The second kappa shape index (κ2) is 4.34. The summed E-state index contributed by atoms with van der Waals surface area (Å²) in [5.41, 5.74) is 0. The number of carbonyl (C=O) groups excluding carboxylic acids is 1. The van der Waals surface area contributed by atoms with Crippen molar-refractivity contribution < 1.29 is 21.9 Å². The van der Waals surface area contributed by atoms with Crippen LogP contribution in [-0.2, 0) is 9.53 Å². The van der Waals surface area contributed by atoms with Gasteiger partial charge in [-0.15, -0.1) is 0 Å². The van der Waals surface area contributed by atoms with Crippen LogP contribution in [0.4, 0.5) is 0 Å². The molecule has 2 atom stereocenters. The van der Waals surface area contributed by atoms with Gasteiger partial charge in [0.1, 0.15) is 1.41 Å². The van der Waals surface area contributed by atoms with Crippen LogP contribution in [0, 0.1) is 5.89 Å². The second-order valence-corrected chi connectivity index (χ2v) is 1.73. The summed E-state index contributed by atoms with van der Waals surface area (Å²) in [6, 6.07) is 0. The van der Waals surface area contributed by atoms with Crippen molar-refractivity contribution in [3.05, 3.63) is 0 Å². The Labute approximate surface area is 79.8 Å². The Kier molecular flexibility index (Phi) is 0.969. The molecule has 1 aliphatic heterocycles. The molecule has 64 valence electrons. The molecular weight excluding hydrogens is 142 g/mol. The molecule has 0 aromatic heterocycles. The number of esters is 1. The number of carbonyl (C=O) groups is 1. The first-order valence-corrected chi connectivity index (χ1v) is 3.17. The van der Waals surface area contributed by atoms with Crippen LogP contribution in [0.15, 0.2) is 0 Å². The van der Waals surface area contributed by atoms with Gasteiger partial charge in [0.25, 0.3) is 0 Å².